The first-order valence-electron chi connectivity index (χ1n) is 7.43. The third kappa shape index (κ3) is 3.12. The first kappa shape index (κ1) is 16.0. The van der Waals surface area contributed by atoms with Crippen molar-refractivity contribution < 1.29 is 4.79 Å². The van der Waals surface area contributed by atoms with E-state index >= 15 is 0 Å². The van der Waals surface area contributed by atoms with Gasteiger partial charge in [-0.1, -0.05) is 13.3 Å². The Morgan fingerprint density at radius 3 is 2.71 bits per heavy atom. The highest BCUT2D eigenvalue weighted by Crippen LogP contribution is 2.21. The molecule has 0 bridgehead atoms. The van der Waals surface area contributed by atoms with Crippen molar-refractivity contribution in [2.45, 2.75) is 40.5 Å². The van der Waals surface area contributed by atoms with Crippen LogP contribution in [0.25, 0.3) is 5.65 Å². The fourth-order valence-electron chi connectivity index (χ4n) is 2.54. The summed E-state index contributed by atoms with van der Waals surface area (Å²) >= 11 is 3.50. The molecule has 0 saturated heterocycles. The summed E-state index contributed by atoms with van der Waals surface area (Å²) in [6.45, 7) is 9.59. The molecule has 0 aromatic carbocycles. The zero-order valence-corrected chi connectivity index (χ0v) is 14.7. The van der Waals surface area contributed by atoms with Gasteiger partial charge in [0, 0.05) is 23.8 Å². The van der Waals surface area contributed by atoms with Crippen LogP contribution in [-0.2, 0) is 0 Å². The van der Waals surface area contributed by atoms with Gasteiger partial charge in [-0.05, 0) is 54.8 Å². The zero-order chi connectivity index (χ0) is 15.6. The van der Waals surface area contributed by atoms with E-state index in [-0.39, 0.29) is 5.91 Å². The van der Waals surface area contributed by atoms with E-state index in [9.17, 15) is 4.79 Å². The number of fused-ring (bicyclic) bond motifs is 1. The highest BCUT2D eigenvalue weighted by atomic mass is 79.9. The number of pyridine rings is 1. The van der Waals surface area contributed by atoms with Crippen LogP contribution in [0.4, 0.5) is 0 Å². The average molecular weight is 352 g/mol. The molecule has 0 spiro atoms. The number of carbonyl (C=O) groups excluding carboxylic acids is 1. The van der Waals surface area contributed by atoms with Gasteiger partial charge in [-0.2, -0.15) is 0 Å². The third-order valence-electron chi connectivity index (χ3n) is 3.70. The molecule has 0 aliphatic rings. The molecular weight excluding hydrogens is 330 g/mol. The van der Waals surface area contributed by atoms with Crippen LogP contribution in [0.1, 0.15) is 48.4 Å². The summed E-state index contributed by atoms with van der Waals surface area (Å²) in [5.41, 5.74) is 3.37. The number of amides is 1. The van der Waals surface area contributed by atoms with Crippen LogP contribution in [-0.4, -0.2) is 33.3 Å². The fourth-order valence-corrected chi connectivity index (χ4v) is 3.09. The number of aromatic nitrogens is 2. The monoisotopic (exact) mass is 351 g/mol. The van der Waals surface area contributed by atoms with Crippen molar-refractivity contribution >= 4 is 27.5 Å². The summed E-state index contributed by atoms with van der Waals surface area (Å²) in [7, 11) is 0. The van der Waals surface area contributed by atoms with Crippen molar-refractivity contribution in [3.8, 4) is 0 Å². The first-order chi connectivity index (χ1) is 9.99. The minimum atomic E-state index is 0.0634. The molecule has 2 aromatic heterocycles. The standard InChI is InChI=1S/C16H22BrN3O/c1-5-7-8-19(6-2)16(21)14-12(4)18-15-11(3)9-13(17)10-20(14)15/h9-10H,5-8H2,1-4H3. The third-order valence-corrected chi connectivity index (χ3v) is 4.13. The van der Waals surface area contributed by atoms with Crippen LogP contribution in [0.3, 0.4) is 0 Å². The van der Waals surface area contributed by atoms with Gasteiger partial charge in [0.25, 0.3) is 5.91 Å². The number of imidazole rings is 1. The summed E-state index contributed by atoms with van der Waals surface area (Å²) in [6, 6.07) is 2.02. The molecule has 0 atom stereocenters. The van der Waals surface area contributed by atoms with E-state index in [4.69, 9.17) is 0 Å². The minimum Gasteiger partial charge on any atom is -0.338 e. The Hall–Kier alpha value is -1.36. The molecular formula is C16H22BrN3O. The molecule has 0 N–H and O–H groups in total. The quantitative estimate of drug-likeness (QED) is 0.816. The van der Waals surface area contributed by atoms with E-state index in [1.54, 1.807) is 0 Å². The number of halogens is 1. The SMILES string of the molecule is CCCCN(CC)C(=O)c1c(C)nc2c(C)cc(Br)cn12. The molecule has 0 fully saturated rings. The molecule has 21 heavy (non-hydrogen) atoms. The Balaban J connectivity index is 2.50. The van der Waals surface area contributed by atoms with Crippen molar-refractivity contribution in [2.24, 2.45) is 0 Å². The fraction of sp³-hybridized carbons (Fsp3) is 0.500. The second-order valence-corrected chi connectivity index (χ2v) is 6.23. The van der Waals surface area contributed by atoms with E-state index in [1.165, 1.54) is 0 Å². The Morgan fingerprint density at radius 1 is 1.38 bits per heavy atom. The second-order valence-electron chi connectivity index (χ2n) is 5.32. The normalized spacial score (nSPS) is 11.1. The van der Waals surface area contributed by atoms with Crippen molar-refractivity contribution in [2.75, 3.05) is 13.1 Å². The van der Waals surface area contributed by atoms with Crippen molar-refractivity contribution in [1.82, 2.24) is 14.3 Å². The van der Waals surface area contributed by atoms with Crippen LogP contribution in [0.2, 0.25) is 0 Å². The summed E-state index contributed by atoms with van der Waals surface area (Å²) in [5.74, 6) is 0.0634. The number of nitrogens with zero attached hydrogens (tertiary/aromatic N) is 3. The van der Waals surface area contributed by atoms with Crippen molar-refractivity contribution in [3.63, 3.8) is 0 Å². The van der Waals surface area contributed by atoms with Gasteiger partial charge < -0.3 is 4.90 Å². The Bertz CT molecular complexity index is 663. The summed E-state index contributed by atoms with van der Waals surface area (Å²) in [6.07, 6.45) is 4.03. The van der Waals surface area contributed by atoms with Crippen molar-refractivity contribution in [1.29, 1.82) is 0 Å². The molecule has 0 radical (unpaired) electrons. The molecule has 0 aliphatic heterocycles. The number of carbonyl (C=O) groups is 1. The average Bonchev–Trinajstić information content (AvgIpc) is 2.76. The predicted molar refractivity (Wildman–Crippen MR) is 88.9 cm³/mol. The lowest BCUT2D eigenvalue weighted by molar-refractivity contribution is 0.0754. The van der Waals surface area contributed by atoms with E-state index < -0.39 is 0 Å². The van der Waals surface area contributed by atoms with Gasteiger partial charge in [0.05, 0.1) is 5.69 Å². The van der Waals surface area contributed by atoms with Gasteiger partial charge in [0.2, 0.25) is 0 Å². The lowest BCUT2D eigenvalue weighted by atomic mass is 10.2. The maximum Gasteiger partial charge on any atom is 0.272 e. The molecule has 2 rings (SSSR count). The topological polar surface area (TPSA) is 37.6 Å². The molecule has 1 amide bonds. The Kier molecular flexibility index (Phi) is 5.04. The minimum absolute atomic E-state index is 0.0634. The van der Waals surface area contributed by atoms with Crippen LogP contribution >= 0.6 is 15.9 Å². The van der Waals surface area contributed by atoms with Gasteiger partial charge in [-0.25, -0.2) is 4.98 Å². The van der Waals surface area contributed by atoms with Gasteiger partial charge >= 0.3 is 0 Å². The Labute approximate surface area is 134 Å². The van der Waals surface area contributed by atoms with E-state index in [0.717, 1.165) is 47.3 Å². The van der Waals surface area contributed by atoms with E-state index in [2.05, 4.69) is 27.8 Å². The first-order valence-corrected chi connectivity index (χ1v) is 8.23. The van der Waals surface area contributed by atoms with E-state index in [1.807, 2.05) is 42.3 Å². The summed E-state index contributed by atoms with van der Waals surface area (Å²) in [4.78, 5) is 19.3. The van der Waals surface area contributed by atoms with Crippen LogP contribution in [0, 0.1) is 13.8 Å². The molecule has 4 nitrogen and oxygen atoms in total. The molecule has 0 saturated carbocycles. The predicted octanol–water partition coefficient (Wildman–Crippen LogP) is 3.98. The smallest absolute Gasteiger partial charge is 0.272 e. The van der Waals surface area contributed by atoms with Gasteiger partial charge in [0.15, 0.2) is 0 Å². The largest absolute Gasteiger partial charge is 0.338 e. The van der Waals surface area contributed by atoms with Crippen LogP contribution < -0.4 is 0 Å². The maximum atomic E-state index is 12.9. The van der Waals surface area contributed by atoms with Gasteiger partial charge in [-0.3, -0.25) is 9.20 Å². The molecule has 5 heteroatoms. The lowest BCUT2D eigenvalue weighted by Gasteiger charge is -2.20. The second kappa shape index (κ2) is 6.60. The molecule has 0 aliphatic carbocycles. The Morgan fingerprint density at radius 2 is 2.10 bits per heavy atom. The zero-order valence-electron chi connectivity index (χ0n) is 13.1. The summed E-state index contributed by atoms with van der Waals surface area (Å²) < 4.78 is 2.86. The number of unbranched alkanes of at least 4 members (excludes halogenated alkanes) is 1. The van der Waals surface area contributed by atoms with E-state index in [0.29, 0.717) is 5.69 Å². The maximum absolute atomic E-state index is 12.9. The van der Waals surface area contributed by atoms with Crippen LogP contribution in [0.15, 0.2) is 16.7 Å². The number of hydrogen-bond donors (Lipinski definition) is 0. The lowest BCUT2D eigenvalue weighted by Crippen LogP contribution is -2.33. The van der Waals surface area contributed by atoms with Crippen LogP contribution in [0.5, 0.6) is 0 Å². The van der Waals surface area contributed by atoms with Gasteiger partial charge in [0.1, 0.15) is 11.3 Å². The number of hydrogen-bond acceptors (Lipinski definition) is 2. The molecule has 2 heterocycles. The number of aryl methyl sites for hydroxylation is 2. The molecule has 0 unspecified atom stereocenters. The van der Waals surface area contributed by atoms with Crippen molar-refractivity contribution in [3.05, 3.63) is 33.7 Å². The summed E-state index contributed by atoms with van der Waals surface area (Å²) in [5, 5.41) is 0. The van der Waals surface area contributed by atoms with Gasteiger partial charge in [-0.15, -0.1) is 0 Å². The molecule has 114 valence electrons. The highest BCUT2D eigenvalue weighted by Gasteiger charge is 2.22. The highest BCUT2D eigenvalue weighted by molar-refractivity contribution is 9.10. The number of rotatable bonds is 5. The molecule has 2 aromatic rings.